The second-order valence-corrected chi connectivity index (χ2v) is 19.7. The van der Waals surface area contributed by atoms with Crippen LogP contribution in [0.4, 0.5) is 4.79 Å². The molecule has 2 saturated carbocycles. The van der Waals surface area contributed by atoms with Gasteiger partial charge in [0.25, 0.3) is 5.91 Å². The number of thioether (sulfide) groups is 1. The number of fused-ring (bicyclic) bond motifs is 6. The minimum Gasteiger partial charge on any atom is -0.508 e. The summed E-state index contributed by atoms with van der Waals surface area (Å²) in [6.07, 6.45) is 8.02. The number of phenolic OH excluding ortho intramolecular Hbond substituents is 1. The van der Waals surface area contributed by atoms with Crippen molar-refractivity contribution in [1.82, 2.24) is 32.1 Å². The topological polar surface area (TPSA) is 333 Å². The number of benzene rings is 1. The Balaban J connectivity index is 0.985. The number of hydrogen-bond donors (Lipinski definition) is 11. The number of hydrazine groups is 1. The normalized spacial score (nSPS) is 26.8. The molecule has 358 valence electrons. The smallest absolute Gasteiger partial charge is 0.315 e. The van der Waals surface area contributed by atoms with Crippen LogP contribution >= 0.6 is 11.8 Å². The van der Waals surface area contributed by atoms with Crippen molar-refractivity contribution >= 4 is 59.3 Å². The molecule has 15 N–H and O–H groups in total. The maximum atomic E-state index is 13.8. The van der Waals surface area contributed by atoms with Crippen molar-refractivity contribution in [3.8, 4) is 5.75 Å². The van der Waals surface area contributed by atoms with E-state index in [0.29, 0.717) is 42.8 Å². The number of aryl methyl sites for hydroxylation is 1. The second-order valence-electron chi connectivity index (χ2n) is 18.4. The van der Waals surface area contributed by atoms with E-state index in [1.165, 1.54) is 11.1 Å². The van der Waals surface area contributed by atoms with E-state index in [2.05, 4.69) is 55.1 Å². The molecule has 1 aromatic carbocycles. The average molecular weight is 925 g/mol. The van der Waals surface area contributed by atoms with Gasteiger partial charge in [-0.3, -0.25) is 44.8 Å². The molecular formula is C44H68N12O8S. The average Bonchev–Trinajstić information content (AvgIpc) is 3.93. The molecule has 6 amide bonds. The van der Waals surface area contributed by atoms with E-state index in [1.54, 1.807) is 17.8 Å². The number of hydrogen-bond acceptors (Lipinski definition) is 11. The second kappa shape index (κ2) is 22.6. The number of carbonyl (C=O) groups excluding carboxylic acids is 6. The first kappa shape index (κ1) is 49.0. The predicted octanol–water partition coefficient (Wildman–Crippen LogP) is 0.890. The molecule has 3 aliphatic carbocycles. The number of carbonyl (C=O) groups is 6. The standard InChI is InChI=1S/C44H68N12O8S/c1-44-19-18-27-26-13-11-25(57)22-24(26)10-12-28(27)29(44)14-15-34(44)64-37(60)17-16-35(58)51-30(6-4-20-49-41(45)46)39(61)52-31(7-5-21-50-42(47)48)40(62)56-55-36(59)9-3-2-8-33-38-32(23-65-33)53-43(63)54-38/h11,13,22,27-34,38,57H,2-10,12,14-21,23H2,1H3,(H,51,58)(H,52,61)(H,55,59)(H,56,62)(H4,45,46,49)(H4,47,48,50)(H2,53,54,63). The zero-order valence-corrected chi connectivity index (χ0v) is 38.1. The summed E-state index contributed by atoms with van der Waals surface area (Å²) in [5.41, 5.74) is 29.1. The summed E-state index contributed by atoms with van der Waals surface area (Å²) in [5.74, 6) is -0.602. The van der Waals surface area contributed by atoms with Gasteiger partial charge in [-0.2, -0.15) is 11.8 Å². The highest BCUT2D eigenvalue weighted by Crippen LogP contribution is 2.61. The van der Waals surface area contributed by atoms with E-state index in [4.69, 9.17) is 27.7 Å². The van der Waals surface area contributed by atoms with Crippen LogP contribution in [0.3, 0.4) is 0 Å². The number of phenols is 1. The molecule has 0 spiro atoms. The summed E-state index contributed by atoms with van der Waals surface area (Å²) in [6, 6.07) is 3.52. The SMILES string of the molecule is CC12CCC3c4ccc(O)cc4CCC3C1CCC2OC(=O)CCC(=O)NC(CCCN=C(N)N)C(=O)NC(CCCN=C(N)N)C(=O)NNC(=O)CCCCC1SCC2NC(=O)NC21. The lowest BCUT2D eigenvalue weighted by Gasteiger charge is -2.50. The first-order chi connectivity index (χ1) is 31.1. The van der Waals surface area contributed by atoms with Crippen molar-refractivity contribution in [3.63, 3.8) is 0 Å². The largest absolute Gasteiger partial charge is 0.508 e. The lowest BCUT2D eigenvalue weighted by Crippen LogP contribution is -2.56. The molecule has 6 rings (SSSR count). The Kier molecular flexibility index (Phi) is 17.0. The van der Waals surface area contributed by atoms with Crippen molar-refractivity contribution in [2.75, 3.05) is 18.8 Å². The Hall–Kier alpha value is -5.47. The van der Waals surface area contributed by atoms with Crippen LogP contribution in [0, 0.1) is 17.3 Å². The number of aliphatic imine (C=N–C) groups is 2. The Bertz CT molecular complexity index is 1960. The van der Waals surface area contributed by atoms with E-state index < -0.39 is 41.7 Å². The van der Waals surface area contributed by atoms with Gasteiger partial charge in [0.1, 0.15) is 23.9 Å². The molecule has 5 aliphatic rings. The number of aromatic hydroxyl groups is 1. The summed E-state index contributed by atoms with van der Waals surface area (Å²) in [4.78, 5) is 86.2. The van der Waals surface area contributed by atoms with Crippen LogP contribution in [0.5, 0.6) is 5.75 Å². The van der Waals surface area contributed by atoms with E-state index in [0.717, 1.165) is 57.1 Å². The molecule has 2 saturated heterocycles. The quantitative estimate of drug-likeness (QED) is 0.0204. The monoisotopic (exact) mass is 925 g/mol. The number of urea groups is 1. The number of rotatable bonds is 21. The van der Waals surface area contributed by atoms with Gasteiger partial charge in [0.05, 0.1) is 18.5 Å². The maximum Gasteiger partial charge on any atom is 0.315 e. The number of amides is 6. The van der Waals surface area contributed by atoms with E-state index in [9.17, 15) is 33.9 Å². The molecular weight excluding hydrogens is 857 g/mol. The van der Waals surface area contributed by atoms with Crippen LogP contribution in [0.15, 0.2) is 28.2 Å². The van der Waals surface area contributed by atoms with Gasteiger partial charge in [0.15, 0.2) is 11.9 Å². The minimum atomic E-state index is -1.14. The van der Waals surface area contributed by atoms with Crippen LogP contribution in [0.1, 0.15) is 120 Å². The van der Waals surface area contributed by atoms with E-state index in [1.807, 2.05) is 6.07 Å². The van der Waals surface area contributed by atoms with E-state index >= 15 is 0 Å². The lowest BCUT2D eigenvalue weighted by atomic mass is 9.55. The summed E-state index contributed by atoms with van der Waals surface area (Å²) in [5, 5.41) is 21.6. The number of guanidine groups is 2. The zero-order chi connectivity index (χ0) is 46.7. The zero-order valence-electron chi connectivity index (χ0n) is 37.3. The Labute approximate surface area is 384 Å². The molecule has 21 heteroatoms. The molecule has 65 heavy (non-hydrogen) atoms. The minimum absolute atomic E-state index is 0.0782. The van der Waals surface area contributed by atoms with Crippen LogP contribution in [-0.2, 0) is 35.1 Å². The van der Waals surface area contributed by atoms with Gasteiger partial charge in [-0.1, -0.05) is 19.4 Å². The van der Waals surface area contributed by atoms with Crippen molar-refractivity contribution in [2.24, 2.45) is 50.2 Å². The highest BCUT2D eigenvalue weighted by Gasteiger charge is 2.56. The predicted molar refractivity (Wildman–Crippen MR) is 246 cm³/mol. The molecule has 0 bridgehead atoms. The molecule has 10 unspecified atom stereocenters. The van der Waals surface area contributed by atoms with Crippen molar-refractivity contribution in [2.45, 2.75) is 151 Å². The fourth-order valence-electron chi connectivity index (χ4n) is 10.8. The van der Waals surface area contributed by atoms with Crippen molar-refractivity contribution in [3.05, 3.63) is 29.3 Å². The Morgan fingerprint density at radius 1 is 0.862 bits per heavy atom. The third kappa shape index (κ3) is 13.1. The summed E-state index contributed by atoms with van der Waals surface area (Å²) >= 11 is 1.80. The van der Waals surface area contributed by atoms with Gasteiger partial charge in [-0.25, -0.2) is 4.79 Å². The summed E-state index contributed by atoms with van der Waals surface area (Å²) in [6.45, 7) is 2.58. The third-order valence-corrected chi connectivity index (χ3v) is 15.5. The fourth-order valence-corrected chi connectivity index (χ4v) is 12.3. The highest BCUT2D eigenvalue weighted by atomic mass is 32.2. The molecule has 1 aromatic rings. The van der Waals surface area contributed by atoms with Crippen molar-refractivity contribution in [1.29, 1.82) is 0 Å². The summed E-state index contributed by atoms with van der Waals surface area (Å²) < 4.78 is 6.11. The summed E-state index contributed by atoms with van der Waals surface area (Å²) in [7, 11) is 0. The molecule has 20 nitrogen and oxygen atoms in total. The van der Waals surface area contributed by atoms with Gasteiger partial charge in [0, 0.05) is 42.3 Å². The van der Waals surface area contributed by atoms with Gasteiger partial charge in [-0.05, 0) is 118 Å². The maximum absolute atomic E-state index is 13.8. The van der Waals surface area contributed by atoms with Crippen LogP contribution < -0.4 is 55.1 Å². The Morgan fingerprint density at radius 3 is 2.31 bits per heavy atom. The van der Waals surface area contributed by atoms with Gasteiger partial charge >= 0.3 is 12.0 Å². The number of ether oxygens (including phenoxy) is 1. The van der Waals surface area contributed by atoms with Crippen molar-refractivity contribution < 1.29 is 38.6 Å². The van der Waals surface area contributed by atoms with Gasteiger partial charge < -0.3 is 54.0 Å². The van der Waals surface area contributed by atoms with Gasteiger partial charge in [-0.15, -0.1) is 0 Å². The molecule has 2 heterocycles. The molecule has 4 fully saturated rings. The third-order valence-electron chi connectivity index (χ3n) is 14.0. The number of nitrogens with two attached hydrogens (primary N) is 4. The van der Waals surface area contributed by atoms with Gasteiger partial charge in [0.2, 0.25) is 17.7 Å². The highest BCUT2D eigenvalue weighted by molar-refractivity contribution is 8.00. The van der Waals surface area contributed by atoms with Crippen LogP contribution in [-0.4, -0.2) is 107 Å². The lowest BCUT2D eigenvalue weighted by molar-refractivity contribution is -0.158. The molecule has 10 atom stereocenters. The van der Waals surface area contributed by atoms with Crippen LogP contribution in [0.2, 0.25) is 0 Å². The number of nitrogens with zero attached hydrogens (tertiary/aromatic N) is 2. The molecule has 0 aromatic heterocycles. The van der Waals surface area contributed by atoms with E-state index in [-0.39, 0.29) is 92.0 Å². The van der Waals surface area contributed by atoms with Crippen LogP contribution in [0.25, 0.3) is 0 Å². The number of unbranched alkanes of at least 4 members (excludes halogenated alkanes) is 1. The molecule has 2 aliphatic heterocycles. The first-order valence-corrected chi connectivity index (χ1v) is 24.1. The number of esters is 1. The fraction of sp³-hybridized carbons (Fsp3) is 0.682. The number of nitrogens with one attached hydrogen (secondary N) is 6. The Morgan fingerprint density at radius 2 is 1.58 bits per heavy atom. The first-order valence-electron chi connectivity index (χ1n) is 23.1. The molecule has 0 radical (unpaired) electrons.